The number of rotatable bonds is 4. The van der Waals surface area contributed by atoms with E-state index in [0.29, 0.717) is 24.1 Å². The number of hydrogen-bond acceptors (Lipinski definition) is 4. The van der Waals surface area contributed by atoms with Crippen LogP contribution in [0, 0.1) is 0 Å². The van der Waals surface area contributed by atoms with Crippen LogP contribution in [-0.2, 0) is 16.0 Å². The molecule has 0 spiro atoms. The van der Waals surface area contributed by atoms with Gasteiger partial charge >= 0.3 is 0 Å². The van der Waals surface area contributed by atoms with Crippen LogP contribution in [0.1, 0.15) is 31.2 Å². The standard InChI is InChI=1S/C17H20N2O4/c20-16(9-11-3-6-14-15(8-11)23-10-22-14)19-7-1-2-13(19)17(21)18-12-4-5-12/h3,6,8,12-13H,1-2,4-5,7,9-10H2,(H,18,21). The molecule has 1 saturated carbocycles. The minimum Gasteiger partial charge on any atom is -0.454 e. The summed E-state index contributed by atoms with van der Waals surface area (Å²) in [6.45, 7) is 0.883. The van der Waals surface area contributed by atoms with Crippen LogP contribution in [0.5, 0.6) is 11.5 Å². The van der Waals surface area contributed by atoms with Gasteiger partial charge in [-0.15, -0.1) is 0 Å². The van der Waals surface area contributed by atoms with E-state index in [2.05, 4.69) is 5.32 Å². The van der Waals surface area contributed by atoms with Gasteiger partial charge in [-0.3, -0.25) is 9.59 Å². The van der Waals surface area contributed by atoms with Gasteiger partial charge in [0, 0.05) is 12.6 Å². The van der Waals surface area contributed by atoms with E-state index in [-0.39, 0.29) is 31.1 Å². The van der Waals surface area contributed by atoms with E-state index in [1.165, 1.54) is 0 Å². The lowest BCUT2D eigenvalue weighted by Gasteiger charge is -2.24. The van der Waals surface area contributed by atoms with Gasteiger partial charge in [-0.25, -0.2) is 0 Å². The summed E-state index contributed by atoms with van der Waals surface area (Å²) in [4.78, 5) is 26.6. The molecule has 1 aliphatic carbocycles. The van der Waals surface area contributed by atoms with Crippen molar-refractivity contribution >= 4 is 11.8 Å². The third kappa shape index (κ3) is 2.98. The maximum atomic E-state index is 12.6. The second-order valence-corrected chi connectivity index (χ2v) is 6.39. The Balaban J connectivity index is 1.42. The maximum absolute atomic E-state index is 12.6. The smallest absolute Gasteiger partial charge is 0.243 e. The minimum atomic E-state index is -0.308. The van der Waals surface area contributed by atoms with Crippen LogP contribution in [0.4, 0.5) is 0 Å². The van der Waals surface area contributed by atoms with E-state index in [1.54, 1.807) is 4.90 Å². The van der Waals surface area contributed by atoms with E-state index in [1.807, 2.05) is 18.2 Å². The van der Waals surface area contributed by atoms with E-state index in [0.717, 1.165) is 31.2 Å². The van der Waals surface area contributed by atoms with Gasteiger partial charge in [-0.05, 0) is 43.4 Å². The number of nitrogens with one attached hydrogen (secondary N) is 1. The molecule has 0 radical (unpaired) electrons. The average molecular weight is 316 g/mol. The van der Waals surface area contributed by atoms with Crippen molar-refractivity contribution < 1.29 is 19.1 Å². The van der Waals surface area contributed by atoms with Gasteiger partial charge in [0.1, 0.15) is 6.04 Å². The summed E-state index contributed by atoms with van der Waals surface area (Å²) >= 11 is 0. The molecule has 3 aliphatic rings. The Morgan fingerprint density at radius 3 is 2.83 bits per heavy atom. The Kier molecular flexibility index (Phi) is 3.59. The first-order valence-electron chi connectivity index (χ1n) is 8.19. The molecule has 1 atom stereocenters. The molecule has 1 saturated heterocycles. The molecule has 1 aromatic carbocycles. The average Bonchev–Trinajstić information content (AvgIpc) is 3.05. The van der Waals surface area contributed by atoms with E-state index in [9.17, 15) is 9.59 Å². The van der Waals surface area contributed by atoms with E-state index < -0.39 is 0 Å². The van der Waals surface area contributed by atoms with Crippen molar-refractivity contribution in [2.75, 3.05) is 13.3 Å². The molecule has 122 valence electrons. The molecule has 23 heavy (non-hydrogen) atoms. The van der Waals surface area contributed by atoms with Crippen LogP contribution in [-0.4, -0.2) is 42.1 Å². The molecule has 0 aromatic heterocycles. The molecule has 2 heterocycles. The number of likely N-dealkylation sites (tertiary alicyclic amines) is 1. The van der Waals surface area contributed by atoms with Crippen LogP contribution in [0.25, 0.3) is 0 Å². The van der Waals surface area contributed by atoms with Crippen LogP contribution >= 0.6 is 0 Å². The monoisotopic (exact) mass is 316 g/mol. The van der Waals surface area contributed by atoms with Crippen molar-refractivity contribution in [2.24, 2.45) is 0 Å². The van der Waals surface area contributed by atoms with E-state index >= 15 is 0 Å². The predicted molar refractivity (Wildman–Crippen MR) is 82.2 cm³/mol. The number of benzene rings is 1. The third-order valence-corrected chi connectivity index (χ3v) is 4.59. The lowest BCUT2D eigenvalue weighted by atomic mass is 10.1. The number of ether oxygens (including phenoxy) is 2. The van der Waals surface area contributed by atoms with Crippen LogP contribution < -0.4 is 14.8 Å². The molecular formula is C17H20N2O4. The molecule has 4 rings (SSSR count). The summed E-state index contributed by atoms with van der Waals surface area (Å²) < 4.78 is 10.6. The quantitative estimate of drug-likeness (QED) is 0.907. The fraction of sp³-hybridized carbons (Fsp3) is 0.529. The van der Waals surface area contributed by atoms with Gasteiger partial charge in [0.05, 0.1) is 6.42 Å². The lowest BCUT2D eigenvalue weighted by molar-refractivity contribution is -0.138. The Morgan fingerprint density at radius 2 is 2.00 bits per heavy atom. The number of carbonyl (C=O) groups is 2. The molecule has 0 bridgehead atoms. The van der Waals surface area contributed by atoms with Gasteiger partial charge in [-0.1, -0.05) is 6.07 Å². The highest BCUT2D eigenvalue weighted by Gasteiger charge is 2.36. The molecule has 2 aliphatic heterocycles. The number of fused-ring (bicyclic) bond motifs is 1. The Hall–Kier alpha value is -2.24. The summed E-state index contributed by atoms with van der Waals surface area (Å²) in [5.41, 5.74) is 0.882. The topological polar surface area (TPSA) is 67.9 Å². The highest BCUT2D eigenvalue weighted by molar-refractivity contribution is 5.89. The van der Waals surface area contributed by atoms with Crippen molar-refractivity contribution in [1.82, 2.24) is 10.2 Å². The zero-order valence-corrected chi connectivity index (χ0v) is 12.9. The van der Waals surface area contributed by atoms with Gasteiger partial charge in [0.2, 0.25) is 18.6 Å². The number of carbonyl (C=O) groups excluding carboxylic acids is 2. The summed E-state index contributed by atoms with van der Waals surface area (Å²) in [6.07, 6.45) is 4.04. The predicted octanol–water partition coefficient (Wildman–Crippen LogP) is 1.23. The largest absolute Gasteiger partial charge is 0.454 e. The SMILES string of the molecule is O=C(NC1CC1)C1CCCN1C(=O)Cc1ccc2c(c1)OCO2. The third-order valence-electron chi connectivity index (χ3n) is 4.59. The maximum Gasteiger partial charge on any atom is 0.243 e. The van der Waals surface area contributed by atoms with Crippen LogP contribution in [0.2, 0.25) is 0 Å². The van der Waals surface area contributed by atoms with E-state index in [4.69, 9.17) is 9.47 Å². The van der Waals surface area contributed by atoms with Crippen LogP contribution in [0.3, 0.4) is 0 Å². The molecular weight excluding hydrogens is 296 g/mol. The molecule has 2 amide bonds. The summed E-state index contributed by atoms with van der Waals surface area (Å²) in [7, 11) is 0. The highest BCUT2D eigenvalue weighted by Crippen LogP contribution is 2.33. The molecule has 1 unspecified atom stereocenters. The fourth-order valence-electron chi connectivity index (χ4n) is 3.19. The zero-order valence-electron chi connectivity index (χ0n) is 12.9. The van der Waals surface area contributed by atoms with Gasteiger partial charge in [0.25, 0.3) is 0 Å². The van der Waals surface area contributed by atoms with Crippen molar-refractivity contribution in [2.45, 2.75) is 44.2 Å². The van der Waals surface area contributed by atoms with Gasteiger partial charge < -0.3 is 19.7 Å². The number of hydrogen-bond donors (Lipinski definition) is 1. The summed E-state index contributed by atoms with van der Waals surface area (Å²) in [5, 5.41) is 3.01. The molecule has 1 aromatic rings. The summed E-state index contributed by atoms with van der Waals surface area (Å²) in [6, 6.07) is 5.56. The Morgan fingerprint density at radius 1 is 1.17 bits per heavy atom. The van der Waals surface area contributed by atoms with Gasteiger partial charge in [-0.2, -0.15) is 0 Å². The molecule has 1 N–H and O–H groups in total. The highest BCUT2D eigenvalue weighted by atomic mass is 16.7. The fourth-order valence-corrected chi connectivity index (χ4v) is 3.19. The zero-order chi connectivity index (χ0) is 15.8. The van der Waals surface area contributed by atoms with Crippen molar-refractivity contribution in [1.29, 1.82) is 0 Å². The Labute approximate surface area is 134 Å². The van der Waals surface area contributed by atoms with Crippen molar-refractivity contribution in [3.8, 4) is 11.5 Å². The normalized spacial score (nSPS) is 22.3. The van der Waals surface area contributed by atoms with Gasteiger partial charge in [0.15, 0.2) is 11.5 Å². The minimum absolute atomic E-state index is 0.00249. The number of amides is 2. The van der Waals surface area contributed by atoms with Crippen molar-refractivity contribution in [3.05, 3.63) is 23.8 Å². The second kappa shape index (κ2) is 5.76. The number of nitrogens with zero attached hydrogens (tertiary/aromatic N) is 1. The molecule has 6 nitrogen and oxygen atoms in total. The first kappa shape index (κ1) is 14.4. The molecule has 6 heteroatoms. The summed E-state index contributed by atoms with van der Waals surface area (Å²) in [5.74, 6) is 1.39. The molecule has 2 fully saturated rings. The Bertz CT molecular complexity index is 641. The first-order valence-corrected chi connectivity index (χ1v) is 8.19. The van der Waals surface area contributed by atoms with Crippen molar-refractivity contribution in [3.63, 3.8) is 0 Å². The van der Waals surface area contributed by atoms with Crippen LogP contribution in [0.15, 0.2) is 18.2 Å². The lowest BCUT2D eigenvalue weighted by Crippen LogP contribution is -2.47. The second-order valence-electron chi connectivity index (χ2n) is 6.39. The first-order chi connectivity index (χ1) is 11.2.